The van der Waals surface area contributed by atoms with Crippen molar-refractivity contribution in [3.05, 3.63) is 34.9 Å². The van der Waals surface area contributed by atoms with Crippen LogP contribution in [0.1, 0.15) is 46.1 Å². The number of nitrogens with one attached hydrogen (secondary N) is 1. The second-order valence-electron chi connectivity index (χ2n) is 5.55. The van der Waals surface area contributed by atoms with Gasteiger partial charge in [-0.3, -0.25) is 9.59 Å². The molecule has 0 spiro atoms. The Morgan fingerprint density at radius 1 is 1.23 bits per heavy atom. The number of carbonyl (C=O) groups excluding carboxylic acids is 2. The molecule has 1 aromatic carbocycles. The van der Waals surface area contributed by atoms with Crippen LogP contribution in [0.4, 0.5) is 0 Å². The maximum Gasteiger partial charge on any atom is 0.243 e. The molecule has 1 aromatic rings. The molecule has 1 atom stereocenters. The Hall–Kier alpha value is -1.55. The summed E-state index contributed by atoms with van der Waals surface area (Å²) in [5, 5.41) is 3.49. The van der Waals surface area contributed by atoms with Gasteiger partial charge in [-0.25, -0.2) is 0 Å². The Balaban J connectivity index is 3.03. The number of hydrogen-bond donors (Lipinski definition) is 1. The first-order chi connectivity index (χ1) is 10.4. The highest BCUT2D eigenvalue weighted by Gasteiger charge is 2.28. The van der Waals surface area contributed by atoms with Gasteiger partial charge in [0, 0.05) is 24.0 Å². The van der Waals surface area contributed by atoms with Crippen LogP contribution in [0.25, 0.3) is 0 Å². The molecule has 0 saturated carbocycles. The smallest absolute Gasteiger partial charge is 0.243 e. The summed E-state index contributed by atoms with van der Waals surface area (Å²) in [5.41, 5.74) is 0.849. The number of rotatable bonds is 7. The standard InChI is InChI=1S/C17H25ClN2O2/c1-5-15(17(22)19-12(3)4)20(16(21)6-2)11-13-9-7-8-10-14(13)18/h7-10,12,15H,5-6,11H2,1-4H3,(H,19,22). The number of carbonyl (C=O) groups is 2. The summed E-state index contributed by atoms with van der Waals surface area (Å²) in [5.74, 6) is -0.169. The largest absolute Gasteiger partial charge is 0.352 e. The lowest BCUT2D eigenvalue weighted by Gasteiger charge is -2.31. The Kier molecular flexibility index (Phi) is 7.39. The fourth-order valence-corrected chi connectivity index (χ4v) is 2.51. The molecule has 122 valence electrons. The van der Waals surface area contributed by atoms with E-state index in [1.807, 2.05) is 39.0 Å². The third kappa shape index (κ3) is 5.02. The van der Waals surface area contributed by atoms with Crippen LogP contribution in [0.5, 0.6) is 0 Å². The number of amides is 2. The summed E-state index contributed by atoms with van der Waals surface area (Å²) < 4.78 is 0. The average molecular weight is 325 g/mol. The van der Waals surface area contributed by atoms with Gasteiger partial charge in [0.25, 0.3) is 0 Å². The molecule has 1 rings (SSSR count). The zero-order valence-corrected chi connectivity index (χ0v) is 14.5. The van der Waals surface area contributed by atoms with Gasteiger partial charge in [0.05, 0.1) is 0 Å². The van der Waals surface area contributed by atoms with E-state index in [4.69, 9.17) is 11.6 Å². The molecule has 0 radical (unpaired) electrons. The Morgan fingerprint density at radius 3 is 2.36 bits per heavy atom. The molecule has 0 aromatic heterocycles. The van der Waals surface area contributed by atoms with Crippen molar-refractivity contribution in [1.82, 2.24) is 10.2 Å². The maximum atomic E-state index is 12.4. The molecular weight excluding hydrogens is 300 g/mol. The van der Waals surface area contributed by atoms with E-state index >= 15 is 0 Å². The van der Waals surface area contributed by atoms with E-state index in [2.05, 4.69) is 5.32 Å². The van der Waals surface area contributed by atoms with Crippen molar-refractivity contribution in [2.24, 2.45) is 0 Å². The van der Waals surface area contributed by atoms with Crippen molar-refractivity contribution in [1.29, 1.82) is 0 Å². The molecule has 1 unspecified atom stereocenters. The second-order valence-corrected chi connectivity index (χ2v) is 5.96. The first-order valence-corrected chi connectivity index (χ1v) is 8.11. The summed E-state index contributed by atoms with van der Waals surface area (Å²) >= 11 is 6.19. The van der Waals surface area contributed by atoms with E-state index in [-0.39, 0.29) is 17.9 Å². The minimum atomic E-state index is -0.480. The van der Waals surface area contributed by atoms with Crippen LogP contribution < -0.4 is 5.32 Å². The zero-order chi connectivity index (χ0) is 16.7. The minimum Gasteiger partial charge on any atom is -0.352 e. The Labute approximate surface area is 137 Å². The van der Waals surface area contributed by atoms with Gasteiger partial charge in [0.1, 0.15) is 6.04 Å². The highest BCUT2D eigenvalue weighted by molar-refractivity contribution is 6.31. The predicted octanol–water partition coefficient (Wildman–Crippen LogP) is 3.38. The Morgan fingerprint density at radius 2 is 1.86 bits per heavy atom. The molecule has 0 bridgehead atoms. The average Bonchev–Trinajstić information content (AvgIpc) is 2.47. The summed E-state index contributed by atoms with van der Waals surface area (Å²) in [6.07, 6.45) is 0.921. The molecule has 2 amide bonds. The lowest BCUT2D eigenvalue weighted by atomic mass is 10.1. The van der Waals surface area contributed by atoms with Gasteiger partial charge in [-0.15, -0.1) is 0 Å². The monoisotopic (exact) mass is 324 g/mol. The fourth-order valence-electron chi connectivity index (χ4n) is 2.31. The van der Waals surface area contributed by atoms with Crippen LogP contribution >= 0.6 is 11.6 Å². The lowest BCUT2D eigenvalue weighted by molar-refractivity contribution is -0.141. The third-order valence-electron chi connectivity index (χ3n) is 3.42. The van der Waals surface area contributed by atoms with Crippen LogP contribution in [-0.2, 0) is 16.1 Å². The van der Waals surface area contributed by atoms with E-state index in [0.29, 0.717) is 24.4 Å². The lowest BCUT2D eigenvalue weighted by Crippen LogP contribution is -2.50. The van der Waals surface area contributed by atoms with Crippen molar-refractivity contribution in [3.63, 3.8) is 0 Å². The van der Waals surface area contributed by atoms with Gasteiger partial charge < -0.3 is 10.2 Å². The van der Waals surface area contributed by atoms with E-state index in [9.17, 15) is 9.59 Å². The molecule has 5 heteroatoms. The van der Waals surface area contributed by atoms with Gasteiger partial charge in [-0.2, -0.15) is 0 Å². The quantitative estimate of drug-likeness (QED) is 0.836. The van der Waals surface area contributed by atoms with Crippen molar-refractivity contribution >= 4 is 23.4 Å². The van der Waals surface area contributed by atoms with Crippen molar-refractivity contribution in [3.8, 4) is 0 Å². The molecule has 0 aliphatic heterocycles. The van der Waals surface area contributed by atoms with Crippen LogP contribution in [-0.4, -0.2) is 28.8 Å². The summed E-state index contributed by atoms with van der Waals surface area (Å²) in [4.78, 5) is 26.3. The molecule has 0 heterocycles. The summed E-state index contributed by atoms with van der Waals surface area (Å²) in [6.45, 7) is 7.87. The van der Waals surface area contributed by atoms with Crippen LogP contribution in [0, 0.1) is 0 Å². The van der Waals surface area contributed by atoms with Gasteiger partial charge in [-0.05, 0) is 31.9 Å². The van der Waals surface area contributed by atoms with Crippen LogP contribution in [0.3, 0.4) is 0 Å². The third-order valence-corrected chi connectivity index (χ3v) is 3.79. The SMILES string of the molecule is CCC(=O)N(Cc1ccccc1Cl)C(CC)C(=O)NC(C)C. The molecule has 0 saturated heterocycles. The molecular formula is C17H25ClN2O2. The first kappa shape index (κ1) is 18.5. The van der Waals surface area contributed by atoms with E-state index in [0.717, 1.165) is 5.56 Å². The number of benzene rings is 1. The predicted molar refractivity (Wildman–Crippen MR) is 89.7 cm³/mol. The molecule has 0 aliphatic rings. The van der Waals surface area contributed by atoms with Gasteiger partial charge >= 0.3 is 0 Å². The van der Waals surface area contributed by atoms with Crippen molar-refractivity contribution < 1.29 is 9.59 Å². The number of nitrogens with zero attached hydrogens (tertiary/aromatic N) is 1. The van der Waals surface area contributed by atoms with E-state index in [1.165, 1.54) is 0 Å². The first-order valence-electron chi connectivity index (χ1n) is 7.73. The van der Waals surface area contributed by atoms with E-state index in [1.54, 1.807) is 17.9 Å². The molecule has 0 aliphatic carbocycles. The van der Waals surface area contributed by atoms with Crippen LogP contribution in [0.2, 0.25) is 5.02 Å². The molecule has 4 nitrogen and oxygen atoms in total. The minimum absolute atomic E-state index is 0.0421. The molecule has 1 N–H and O–H groups in total. The maximum absolute atomic E-state index is 12.4. The van der Waals surface area contributed by atoms with Crippen molar-refractivity contribution in [2.75, 3.05) is 0 Å². The number of halogens is 1. The zero-order valence-electron chi connectivity index (χ0n) is 13.7. The summed E-state index contributed by atoms with van der Waals surface area (Å²) in [7, 11) is 0. The van der Waals surface area contributed by atoms with Crippen LogP contribution in [0.15, 0.2) is 24.3 Å². The fraction of sp³-hybridized carbons (Fsp3) is 0.529. The summed E-state index contributed by atoms with van der Waals surface area (Å²) in [6, 6.07) is 6.96. The van der Waals surface area contributed by atoms with Crippen molar-refractivity contribution in [2.45, 2.75) is 59.2 Å². The Bertz CT molecular complexity index is 517. The highest BCUT2D eigenvalue weighted by Crippen LogP contribution is 2.20. The van der Waals surface area contributed by atoms with Gasteiger partial charge in [0.15, 0.2) is 0 Å². The van der Waals surface area contributed by atoms with Gasteiger partial charge in [0.2, 0.25) is 11.8 Å². The van der Waals surface area contributed by atoms with Gasteiger partial charge in [-0.1, -0.05) is 43.6 Å². The number of hydrogen-bond acceptors (Lipinski definition) is 2. The normalized spacial score (nSPS) is 12.1. The molecule has 22 heavy (non-hydrogen) atoms. The second kappa shape index (κ2) is 8.79. The highest BCUT2D eigenvalue weighted by atomic mass is 35.5. The van der Waals surface area contributed by atoms with E-state index < -0.39 is 6.04 Å². The molecule has 0 fully saturated rings. The topological polar surface area (TPSA) is 49.4 Å².